The van der Waals surface area contributed by atoms with Gasteiger partial charge >= 0.3 is 0 Å². The Hall–Kier alpha value is -0.820. The molecule has 1 aromatic carbocycles. The summed E-state index contributed by atoms with van der Waals surface area (Å²) in [7, 11) is 3.75. The summed E-state index contributed by atoms with van der Waals surface area (Å²) >= 11 is 0. The first-order valence-electron chi connectivity index (χ1n) is 4.82. The average Bonchev–Trinajstić information content (AvgIpc) is 2.15. The van der Waals surface area contributed by atoms with E-state index in [1.807, 2.05) is 27.9 Å². The maximum Gasteiger partial charge on any atom is -0.0167 e. The van der Waals surface area contributed by atoms with E-state index >= 15 is 0 Å². The maximum absolute atomic E-state index is 2.75. The van der Waals surface area contributed by atoms with Gasteiger partial charge in [0.1, 0.15) is 0 Å². The molecule has 76 valence electrons. The lowest BCUT2D eigenvalue weighted by Gasteiger charge is -1.90. The van der Waals surface area contributed by atoms with Gasteiger partial charge in [-0.3, -0.25) is 0 Å². The Morgan fingerprint density at radius 2 is 0.923 bits per heavy atom. The molecule has 13 heavy (non-hydrogen) atoms. The number of benzene rings is 1. The molecule has 0 aliphatic heterocycles. The molecule has 0 heterocycles. The highest BCUT2D eigenvalue weighted by atomic mass is 14.7. The highest BCUT2D eigenvalue weighted by Crippen LogP contribution is 1.99. The van der Waals surface area contributed by atoms with Gasteiger partial charge in [0, 0.05) is 0 Å². The number of aryl methyl sites for hydroxylation is 2. The molecular formula is C12H23N. The molecule has 0 aliphatic carbocycles. The fraction of sp³-hybridized carbons (Fsp3) is 0.500. The van der Waals surface area contributed by atoms with Crippen LogP contribution in [-0.2, 0) is 0 Å². The van der Waals surface area contributed by atoms with Crippen molar-refractivity contribution in [1.82, 2.24) is 5.32 Å². The number of hydrogen-bond acceptors (Lipinski definition) is 1. The molecule has 0 atom stereocenters. The second-order valence-electron chi connectivity index (χ2n) is 2.65. The quantitative estimate of drug-likeness (QED) is 0.648. The average molecular weight is 181 g/mol. The molecule has 0 amide bonds. The molecule has 1 nitrogen and oxygen atoms in total. The smallest absolute Gasteiger partial charge is 0.0167 e. The van der Waals surface area contributed by atoms with E-state index < -0.39 is 0 Å². The molecule has 0 aromatic heterocycles. The minimum atomic E-state index is 1.33. The molecule has 1 N–H and O–H groups in total. The van der Waals surface area contributed by atoms with E-state index in [2.05, 4.69) is 43.4 Å². The molecule has 0 saturated heterocycles. The van der Waals surface area contributed by atoms with Crippen molar-refractivity contribution in [1.29, 1.82) is 0 Å². The van der Waals surface area contributed by atoms with Crippen LogP contribution in [0, 0.1) is 13.8 Å². The van der Waals surface area contributed by atoms with Crippen LogP contribution in [-0.4, -0.2) is 14.1 Å². The SMILES string of the molecule is CC.CNC.Cc1ccc(C)cc1. The zero-order valence-corrected chi connectivity index (χ0v) is 9.81. The fourth-order valence-electron chi connectivity index (χ4n) is 0.637. The van der Waals surface area contributed by atoms with Gasteiger partial charge < -0.3 is 5.32 Å². The molecule has 0 bridgehead atoms. The Bertz CT molecular complexity index is 156. The van der Waals surface area contributed by atoms with Gasteiger partial charge in [0.15, 0.2) is 0 Å². The second kappa shape index (κ2) is 11.2. The van der Waals surface area contributed by atoms with E-state index in [0.717, 1.165) is 0 Å². The third-order valence-corrected chi connectivity index (χ3v) is 1.22. The summed E-state index contributed by atoms with van der Waals surface area (Å²) in [4.78, 5) is 0. The van der Waals surface area contributed by atoms with Crippen molar-refractivity contribution in [3.63, 3.8) is 0 Å². The molecule has 0 spiro atoms. The summed E-state index contributed by atoms with van der Waals surface area (Å²) in [6, 6.07) is 8.48. The normalized spacial score (nSPS) is 7.54. The third-order valence-electron chi connectivity index (χ3n) is 1.22. The zero-order chi connectivity index (χ0) is 10.7. The summed E-state index contributed by atoms with van der Waals surface area (Å²) < 4.78 is 0. The third kappa shape index (κ3) is 11.2. The minimum absolute atomic E-state index is 1.33. The molecule has 0 saturated carbocycles. The maximum atomic E-state index is 2.75. The van der Waals surface area contributed by atoms with Crippen molar-refractivity contribution in [3.8, 4) is 0 Å². The minimum Gasteiger partial charge on any atom is -0.323 e. The van der Waals surface area contributed by atoms with Crippen molar-refractivity contribution in [2.45, 2.75) is 27.7 Å². The van der Waals surface area contributed by atoms with Gasteiger partial charge in [-0.25, -0.2) is 0 Å². The summed E-state index contributed by atoms with van der Waals surface area (Å²) in [5.74, 6) is 0. The van der Waals surface area contributed by atoms with Gasteiger partial charge in [0.2, 0.25) is 0 Å². The van der Waals surface area contributed by atoms with E-state index in [9.17, 15) is 0 Å². The van der Waals surface area contributed by atoms with Gasteiger partial charge in [-0.1, -0.05) is 49.2 Å². The summed E-state index contributed by atoms with van der Waals surface area (Å²) in [5.41, 5.74) is 2.66. The first-order chi connectivity index (χ1) is 6.20. The van der Waals surface area contributed by atoms with Gasteiger partial charge in [0.25, 0.3) is 0 Å². The fourth-order valence-corrected chi connectivity index (χ4v) is 0.637. The first-order valence-corrected chi connectivity index (χ1v) is 4.82. The van der Waals surface area contributed by atoms with Crippen molar-refractivity contribution in [3.05, 3.63) is 35.4 Å². The van der Waals surface area contributed by atoms with Crippen LogP contribution in [0.15, 0.2) is 24.3 Å². The van der Waals surface area contributed by atoms with Crippen LogP contribution in [0.3, 0.4) is 0 Å². The van der Waals surface area contributed by atoms with Crippen LogP contribution >= 0.6 is 0 Å². The Morgan fingerprint density at radius 1 is 0.769 bits per heavy atom. The summed E-state index contributed by atoms with van der Waals surface area (Å²) in [6.07, 6.45) is 0. The van der Waals surface area contributed by atoms with E-state index in [0.29, 0.717) is 0 Å². The Labute approximate surface area is 83.2 Å². The van der Waals surface area contributed by atoms with Crippen LogP contribution in [0.25, 0.3) is 0 Å². The van der Waals surface area contributed by atoms with E-state index in [1.165, 1.54) is 11.1 Å². The monoisotopic (exact) mass is 181 g/mol. The Balaban J connectivity index is 0. The molecule has 1 heteroatoms. The van der Waals surface area contributed by atoms with Gasteiger partial charge in [0.05, 0.1) is 0 Å². The molecular weight excluding hydrogens is 158 g/mol. The van der Waals surface area contributed by atoms with Crippen LogP contribution in [0.2, 0.25) is 0 Å². The second-order valence-corrected chi connectivity index (χ2v) is 2.65. The molecule has 1 aromatic rings. The molecule has 1 rings (SSSR count). The Morgan fingerprint density at radius 3 is 1.08 bits per heavy atom. The molecule has 0 unspecified atom stereocenters. The predicted octanol–water partition coefficient (Wildman–Crippen LogP) is 3.17. The van der Waals surface area contributed by atoms with Crippen molar-refractivity contribution in [2.24, 2.45) is 0 Å². The topological polar surface area (TPSA) is 12.0 Å². The number of nitrogens with one attached hydrogen (secondary N) is 1. The van der Waals surface area contributed by atoms with Crippen molar-refractivity contribution < 1.29 is 0 Å². The lowest BCUT2D eigenvalue weighted by molar-refractivity contribution is 1.02. The largest absolute Gasteiger partial charge is 0.323 e. The molecule has 0 fully saturated rings. The first kappa shape index (κ1) is 14.7. The molecule has 0 aliphatic rings. The lowest BCUT2D eigenvalue weighted by atomic mass is 10.2. The van der Waals surface area contributed by atoms with Crippen molar-refractivity contribution in [2.75, 3.05) is 14.1 Å². The van der Waals surface area contributed by atoms with E-state index in [-0.39, 0.29) is 0 Å². The standard InChI is InChI=1S/C8H10.C2H7N.C2H6/c1-7-3-5-8(2)6-4-7;1-3-2;1-2/h3-6H,1-2H3;3H,1-2H3;1-2H3. The summed E-state index contributed by atoms with van der Waals surface area (Å²) in [5, 5.41) is 2.75. The van der Waals surface area contributed by atoms with E-state index in [4.69, 9.17) is 0 Å². The lowest BCUT2D eigenvalue weighted by Crippen LogP contribution is -1.89. The number of hydrogen-bond donors (Lipinski definition) is 1. The van der Waals surface area contributed by atoms with Crippen molar-refractivity contribution >= 4 is 0 Å². The van der Waals surface area contributed by atoms with Gasteiger partial charge in [-0.15, -0.1) is 0 Å². The highest BCUT2D eigenvalue weighted by Gasteiger charge is 1.79. The van der Waals surface area contributed by atoms with Crippen LogP contribution in [0.1, 0.15) is 25.0 Å². The van der Waals surface area contributed by atoms with Crippen LogP contribution in [0.4, 0.5) is 0 Å². The predicted molar refractivity (Wildman–Crippen MR) is 62.2 cm³/mol. The Kier molecular flexibility index (Phi) is 12.6. The number of rotatable bonds is 0. The summed E-state index contributed by atoms with van der Waals surface area (Å²) in [6.45, 7) is 8.19. The zero-order valence-electron chi connectivity index (χ0n) is 9.81. The highest BCUT2D eigenvalue weighted by molar-refractivity contribution is 5.19. The van der Waals surface area contributed by atoms with Crippen LogP contribution < -0.4 is 5.32 Å². The van der Waals surface area contributed by atoms with E-state index in [1.54, 1.807) is 0 Å². The van der Waals surface area contributed by atoms with Gasteiger partial charge in [-0.2, -0.15) is 0 Å². The van der Waals surface area contributed by atoms with Crippen LogP contribution in [0.5, 0.6) is 0 Å². The van der Waals surface area contributed by atoms with Gasteiger partial charge in [-0.05, 0) is 27.9 Å². The molecule has 0 radical (unpaired) electrons.